The summed E-state index contributed by atoms with van der Waals surface area (Å²) in [5.74, 6) is 2.31. The molecule has 9 nitrogen and oxygen atoms in total. The summed E-state index contributed by atoms with van der Waals surface area (Å²) in [4.78, 5) is 18.1. The maximum absolute atomic E-state index is 13.0. The average molecular weight is 451 g/mol. The minimum Gasteiger partial charge on any atom is -0.497 e. The molecule has 33 heavy (non-hydrogen) atoms. The topological polar surface area (TPSA) is 102 Å². The van der Waals surface area contributed by atoms with Crippen LogP contribution in [0.5, 0.6) is 5.75 Å². The van der Waals surface area contributed by atoms with Crippen molar-refractivity contribution in [2.24, 2.45) is 0 Å². The Labute approximate surface area is 192 Å². The predicted octanol–water partition coefficient (Wildman–Crippen LogP) is 4.02. The molecule has 0 unspecified atom stereocenters. The molecule has 0 aliphatic heterocycles. The van der Waals surface area contributed by atoms with Crippen LogP contribution >= 0.6 is 0 Å². The number of tetrazole rings is 1. The molecule has 1 aromatic carbocycles. The first-order chi connectivity index (χ1) is 15.8. The fourth-order valence-corrected chi connectivity index (χ4v) is 4.06. The number of pyridine rings is 1. The number of nitrogens with one attached hydrogen (secondary N) is 1. The van der Waals surface area contributed by atoms with Gasteiger partial charge in [-0.1, -0.05) is 6.92 Å². The number of aromatic amines is 1. The van der Waals surface area contributed by atoms with E-state index >= 15 is 0 Å². The van der Waals surface area contributed by atoms with Crippen LogP contribution in [-0.4, -0.2) is 37.2 Å². The highest BCUT2D eigenvalue weighted by atomic mass is 16.5. The second-order valence-corrected chi connectivity index (χ2v) is 9.10. The van der Waals surface area contributed by atoms with Crippen LogP contribution in [0.4, 0.5) is 0 Å². The first-order valence-electron chi connectivity index (χ1n) is 11.0. The number of furan rings is 1. The third-order valence-corrected chi connectivity index (χ3v) is 5.70. The minimum atomic E-state index is -0.278. The zero-order chi connectivity index (χ0) is 23.6. The van der Waals surface area contributed by atoms with Crippen LogP contribution in [-0.2, 0) is 18.6 Å². The van der Waals surface area contributed by atoms with Gasteiger partial charge in [0.1, 0.15) is 11.5 Å². The highest BCUT2D eigenvalue weighted by Gasteiger charge is 2.30. The van der Waals surface area contributed by atoms with Crippen molar-refractivity contribution in [3.05, 3.63) is 70.2 Å². The Balaban J connectivity index is 1.76. The highest BCUT2D eigenvalue weighted by Crippen LogP contribution is 2.29. The van der Waals surface area contributed by atoms with Gasteiger partial charge in [0.2, 0.25) is 0 Å². The molecule has 0 fully saturated rings. The van der Waals surface area contributed by atoms with Gasteiger partial charge in [0.05, 0.1) is 31.5 Å². The first-order valence-corrected chi connectivity index (χ1v) is 11.0. The minimum absolute atomic E-state index is 0.121. The smallest absolute Gasteiger partial charge is 0.252 e. The number of nitrogens with zero attached hydrogens (tertiary/aromatic N) is 5. The number of benzene rings is 1. The summed E-state index contributed by atoms with van der Waals surface area (Å²) in [5, 5.41) is 13.5. The summed E-state index contributed by atoms with van der Waals surface area (Å²) in [6.07, 6.45) is 2.42. The molecule has 4 aromatic rings. The molecule has 0 bridgehead atoms. The first kappa shape index (κ1) is 22.7. The monoisotopic (exact) mass is 450 g/mol. The summed E-state index contributed by atoms with van der Waals surface area (Å²) in [7, 11) is 1.63. The van der Waals surface area contributed by atoms with Crippen molar-refractivity contribution < 1.29 is 9.15 Å². The van der Waals surface area contributed by atoms with E-state index in [1.54, 1.807) is 13.4 Å². The summed E-state index contributed by atoms with van der Waals surface area (Å²) >= 11 is 0. The van der Waals surface area contributed by atoms with E-state index in [1.807, 2.05) is 41.1 Å². The van der Waals surface area contributed by atoms with Gasteiger partial charge in [-0.3, -0.25) is 9.69 Å². The lowest BCUT2D eigenvalue weighted by Gasteiger charge is -2.31. The van der Waals surface area contributed by atoms with Gasteiger partial charge in [-0.25, -0.2) is 4.68 Å². The fourth-order valence-electron chi connectivity index (χ4n) is 4.06. The molecule has 174 valence electrons. The zero-order valence-corrected chi connectivity index (χ0v) is 19.7. The van der Waals surface area contributed by atoms with Gasteiger partial charge >= 0.3 is 0 Å². The summed E-state index contributed by atoms with van der Waals surface area (Å²) < 4.78 is 12.8. The van der Waals surface area contributed by atoms with Crippen molar-refractivity contribution in [3.8, 4) is 5.75 Å². The van der Waals surface area contributed by atoms with E-state index in [2.05, 4.69) is 53.1 Å². The molecule has 0 aliphatic rings. The van der Waals surface area contributed by atoms with Crippen LogP contribution in [0.15, 0.2) is 51.9 Å². The van der Waals surface area contributed by atoms with Gasteiger partial charge in [-0.05, 0) is 74.0 Å². The predicted molar refractivity (Wildman–Crippen MR) is 125 cm³/mol. The van der Waals surface area contributed by atoms with Crippen LogP contribution in [0.3, 0.4) is 0 Å². The van der Waals surface area contributed by atoms with Crippen molar-refractivity contribution in [1.29, 1.82) is 0 Å². The van der Waals surface area contributed by atoms with Gasteiger partial charge < -0.3 is 14.1 Å². The third-order valence-electron chi connectivity index (χ3n) is 5.70. The fraction of sp³-hybridized carbons (Fsp3) is 0.417. The Bertz CT molecular complexity index is 1270. The number of hydrogen-bond donors (Lipinski definition) is 1. The van der Waals surface area contributed by atoms with Gasteiger partial charge in [0.15, 0.2) is 5.82 Å². The van der Waals surface area contributed by atoms with Gasteiger partial charge in [0.25, 0.3) is 5.56 Å². The molecule has 0 aliphatic carbocycles. The number of ether oxygens (including phenoxy) is 1. The second-order valence-electron chi connectivity index (χ2n) is 9.10. The van der Waals surface area contributed by atoms with Gasteiger partial charge in [0, 0.05) is 23.0 Å². The molecule has 9 heteroatoms. The number of methoxy groups -OCH3 is 1. The molecule has 4 rings (SSSR count). The Morgan fingerprint density at radius 3 is 2.70 bits per heavy atom. The van der Waals surface area contributed by atoms with E-state index in [0.29, 0.717) is 18.7 Å². The Morgan fingerprint density at radius 1 is 1.21 bits per heavy atom. The van der Waals surface area contributed by atoms with Crippen LogP contribution in [0.25, 0.3) is 10.9 Å². The molecule has 0 amide bonds. The molecular weight excluding hydrogens is 420 g/mol. The molecule has 3 heterocycles. The average Bonchev–Trinajstić information content (AvgIpc) is 3.46. The highest BCUT2D eigenvalue weighted by molar-refractivity contribution is 5.80. The second kappa shape index (κ2) is 9.19. The lowest BCUT2D eigenvalue weighted by molar-refractivity contribution is 0.142. The Kier molecular flexibility index (Phi) is 6.33. The van der Waals surface area contributed by atoms with Gasteiger partial charge in [-0.2, -0.15) is 0 Å². The van der Waals surface area contributed by atoms with Crippen molar-refractivity contribution >= 4 is 10.9 Å². The van der Waals surface area contributed by atoms with E-state index in [0.717, 1.165) is 34.7 Å². The Morgan fingerprint density at radius 2 is 2.03 bits per heavy atom. The SMILES string of the molecule is CC[C@@H](c1nnnn1C(C)(C)C)N(Cc1ccco1)Cc1cc2cc(OC)ccc2[nH]c1=O. The standard InChI is InChI=1S/C24H30N6O3/c1-6-21(22-26-27-28-30(22)24(2,3)4)29(15-19-8-7-11-33-19)14-17-12-16-13-18(32-5)9-10-20(16)25-23(17)31/h7-13,21H,6,14-15H2,1-5H3,(H,25,31)/t21-/m0/s1. The molecule has 1 N–H and O–H groups in total. The molecule has 0 spiro atoms. The van der Waals surface area contributed by atoms with E-state index in [-0.39, 0.29) is 17.1 Å². The molecule has 0 saturated carbocycles. The van der Waals surface area contributed by atoms with Crippen LogP contribution in [0.1, 0.15) is 57.3 Å². The van der Waals surface area contributed by atoms with E-state index in [1.165, 1.54) is 0 Å². The van der Waals surface area contributed by atoms with E-state index < -0.39 is 0 Å². The van der Waals surface area contributed by atoms with E-state index in [9.17, 15) is 4.79 Å². The maximum atomic E-state index is 13.0. The lowest BCUT2D eigenvalue weighted by atomic mass is 10.1. The number of rotatable bonds is 8. The number of hydrogen-bond acceptors (Lipinski definition) is 7. The van der Waals surface area contributed by atoms with Crippen molar-refractivity contribution in [2.45, 2.75) is 58.8 Å². The van der Waals surface area contributed by atoms with Crippen LogP contribution in [0.2, 0.25) is 0 Å². The largest absolute Gasteiger partial charge is 0.497 e. The van der Waals surface area contributed by atoms with Gasteiger partial charge in [-0.15, -0.1) is 5.10 Å². The molecular formula is C24H30N6O3. The molecule has 3 aromatic heterocycles. The molecule has 1 atom stereocenters. The summed E-state index contributed by atoms with van der Waals surface area (Å²) in [6, 6.07) is 11.2. The number of aromatic nitrogens is 5. The van der Waals surface area contributed by atoms with Crippen molar-refractivity contribution in [1.82, 2.24) is 30.1 Å². The van der Waals surface area contributed by atoms with Crippen LogP contribution < -0.4 is 10.3 Å². The molecule has 0 radical (unpaired) electrons. The van der Waals surface area contributed by atoms with Crippen LogP contribution in [0, 0.1) is 0 Å². The van der Waals surface area contributed by atoms with Crippen molar-refractivity contribution in [3.63, 3.8) is 0 Å². The number of H-pyrrole nitrogens is 1. The summed E-state index contributed by atoms with van der Waals surface area (Å²) in [6.45, 7) is 9.21. The quantitative estimate of drug-likeness (QED) is 0.432. The Hall–Kier alpha value is -3.46. The van der Waals surface area contributed by atoms with Crippen molar-refractivity contribution in [2.75, 3.05) is 7.11 Å². The summed E-state index contributed by atoms with van der Waals surface area (Å²) in [5.41, 5.74) is 1.02. The molecule has 0 saturated heterocycles. The lowest BCUT2D eigenvalue weighted by Crippen LogP contribution is -2.35. The maximum Gasteiger partial charge on any atom is 0.252 e. The zero-order valence-electron chi connectivity index (χ0n) is 19.7. The normalized spacial score (nSPS) is 13.0. The third kappa shape index (κ3) is 4.83. The van der Waals surface area contributed by atoms with E-state index in [4.69, 9.17) is 9.15 Å². The number of fused-ring (bicyclic) bond motifs is 1.